The van der Waals surface area contributed by atoms with E-state index in [0.717, 1.165) is 0 Å². The summed E-state index contributed by atoms with van der Waals surface area (Å²) in [6, 6.07) is 0. The molecule has 4 heteroatoms. The van der Waals surface area contributed by atoms with Crippen molar-refractivity contribution in [2.75, 3.05) is 0 Å². The van der Waals surface area contributed by atoms with Crippen LogP contribution in [0.15, 0.2) is 10.1 Å². The summed E-state index contributed by atoms with van der Waals surface area (Å²) in [5, 5.41) is 3.34. The minimum absolute atomic E-state index is 0.231. The maximum absolute atomic E-state index is 4.99. The second-order valence-corrected chi connectivity index (χ2v) is 0.818. The summed E-state index contributed by atoms with van der Waals surface area (Å²) in [4.78, 5) is 3.47. The maximum Gasteiger partial charge on any atom is 0.241 e. The van der Waals surface area contributed by atoms with Gasteiger partial charge in [0.2, 0.25) is 5.96 Å². The third kappa shape index (κ3) is 0.314. The third-order valence-electron chi connectivity index (χ3n) is 0.402. The van der Waals surface area contributed by atoms with Crippen LogP contribution in [0.2, 0.25) is 0 Å². The van der Waals surface area contributed by atoms with Crippen molar-refractivity contribution in [3.63, 3.8) is 0 Å². The Hall–Kier alpha value is -1.06. The van der Waals surface area contributed by atoms with Gasteiger partial charge in [0.1, 0.15) is 6.34 Å². The van der Waals surface area contributed by atoms with Crippen LogP contribution in [0.4, 0.5) is 0 Å². The lowest BCUT2D eigenvalue weighted by Crippen LogP contribution is -2.16. The van der Waals surface area contributed by atoms with Gasteiger partial charge in [0.05, 0.1) is 0 Å². The Balaban J connectivity index is 2.61. The van der Waals surface area contributed by atoms with Crippen molar-refractivity contribution in [2.45, 2.75) is 0 Å². The van der Waals surface area contributed by atoms with Gasteiger partial charge in [-0.2, -0.15) is 4.99 Å². The molecule has 1 aliphatic heterocycles. The molecule has 0 aromatic rings. The van der Waals surface area contributed by atoms with Crippen LogP contribution in [-0.4, -0.2) is 12.3 Å². The monoisotopic (exact) mass is 83.0 g/mol. The van der Waals surface area contributed by atoms with Gasteiger partial charge < -0.3 is 5.73 Å². The fourth-order valence-electron chi connectivity index (χ4n) is 0.196. The van der Waals surface area contributed by atoms with Crippen molar-refractivity contribution in [1.82, 2.24) is 5.43 Å². The van der Waals surface area contributed by atoms with E-state index in [2.05, 4.69) is 15.5 Å². The van der Waals surface area contributed by atoms with Crippen LogP contribution >= 0.6 is 0 Å². The zero-order valence-corrected chi connectivity index (χ0v) is 3.00. The van der Waals surface area contributed by atoms with Crippen LogP contribution in [0.3, 0.4) is 0 Å². The molecule has 1 heterocycles. The molecular formula is C2H3N4. The predicted octanol–water partition coefficient (Wildman–Crippen LogP) is -1.14. The van der Waals surface area contributed by atoms with Gasteiger partial charge in [0, 0.05) is 0 Å². The third-order valence-corrected chi connectivity index (χ3v) is 0.402. The van der Waals surface area contributed by atoms with Gasteiger partial charge in [-0.1, -0.05) is 0 Å². The summed E-state index contributed by atoms with van der Waals surface area (Å²) >= 11 is 0. The van der Waals surface area contributed by atoms with Crippen molar-refractivity contribution in [3.05, 3.63) is 0 Å². The van der Waals surface area contributed by atoms with Gasteiger partial charge in [-0.15, -0.1) is 10.5 Å². The lowest BCUT2D eigenvalue weighted by Gasteiger charge is -1.76. The van der Waals surface area contributed by atoms with Crippen molar-refractivity contribution in [3.8, 4) is 0 Å². The highest BCUT2D eigenvalue weighted by Crippen LogP contribution is 1.72. The summed E-state index contributed by atoms with van der Waals surface area (Å²) in [6.07, 6.45) is 1.30. The summed E-state index contributed by atoms with van der Waals surface area (Å²) in [6.45, 7) is 0. The second kappa shape index (κ2) is 0.965. The van der Waals surface area contributed by atoms with Crippen molar-refractivity contribution in [1.29, 1.82) is 0 Å². The molecule has 1 aliphatic rings. The summed E-state index contributed by atoms with van der Waals surface area (Å²) in [7, 11) is 0. The highest BCUT2D eigenvalue weighted by Gasteiger charge is 1.91. The average Bonchev–Trinajstić information content (AvgIpc) is 1.86. The summed E-state index contributed by atoms with van der Waals surface area (Å²) in [5.74, 6) is 0.231. The van der Waals surface area contributed by atoms with E-state index in [-0.39, 0.29) is 5.96 Å². The van der Waals surface area contributed by atoms with Gasteiger partial charge >= 0.3 is 0 Å². The molecule has 1 radical (unpaired) electrons. The molecule has 0 fully saturated rings. The smallest absolute Gasteiger partial charge is 0.241 e. The van der Waals surface area contributed by atoms with E-state index in [0.29, 0.717) is 0 Å². The zero-order valence-electron chi connectivity index (χ0n) is 3.00. The largest absolute Gasteiger partial charge is 0.366 e. The Morgan fingerprint density at radius 3 is 2.67 bits per heavy atom. The second-order valence-electron chi connectivity index (χ2n) is 0.818. The van der Waals surface area contributed by atoms with Gasteiger partial charge in [-0.3, -0.25) is 0 Å². The number of guanidine groups is 1. The van der Waals surface area contributed by atoms with Crippen molar-refractivity contribution in [2.24, 2.45) is 15.8 Å². The number of nitrogens with two attached hydrogens (primary N) is 1. The molecule has 0 amide bonds. The van der Waals surface area contributed by atoms with Crippen LogP contribution < -0.4 is 11.2 Å². The molecule has 0 spiro atoms. The molecule has 0 aromatic heterocycles. The van der Waals surface area contributed by atoms with Crippen LogP contribution in [0.5, 0.6) is 0 Å². The first-order chi connectivity index (χ1) is 2.89. The van der Waals surface area contributed by atoms with Crippen LogP contribution in [0.25, 0.3) is 0 Å². The molecule has 0 unspecified atom stereocenters. The Morgan fingerprint density at radius 2 is 2.50 bits per heavy atom. The molecule has 4 nitrogen and oxygen atoms in total. The molecule has 0 saturated heterocycles. The molecule has 0 aliphatic carbocycles. The number of rotatable bonds is 0. The fraction of sp³-hybridized carbons (Fsp3) is 0. The lowest BCUT2D eigenvalue weighted by molar-refractivity contribution is 1.03. The van der Waals surface area contributed by atoms with E-state index < -0.39 is 0 Å². The predicted molar refractivity (Wildman–Crippen MR) is 22.2 cm³/mol. The first-order valence-corrected chi connectivity index (χ1v) is 1.45. The number of hydrogen-bond acceptors (Lipinski definition) is 3. The Bertz CT molecular complexity index is 102. The minimum Gasteiger partial charge on any atom is -0.366 e. The molecule has 2 N–H and O–H groups in total. The summed E-state index contributed by atoms with van der Waals surface area (Å²) in [5.41, 5.74) is 8.33. The normalized spacial score (nSPS) is 17.0. The van der Waals surface area contributed by atoms with Gasteiger partial charge in [-0.25, -0.2) is 0 Å². The molecule has 31 valence electrons. The Kier molecular flexibility index (Phi) is 0.506. The van der Waals surface area contributed by atoms with Gasteiger partial charge in [0.25, 0.3) is 0 Å². The Morgan fingerprint density at radius 1 is 1.67 bits per heavy atom. The van der Waals surface area contributed by atoms with E-state index in [1.54, 1.807) is 0 Å². The maximum atomic E-state index is 4.99. The molecule has 0 bridgehead atoms. The SMILES string of the molecule is NC1=NC=N[N]1. The standard InChI is InChI=1S/C2H3N4/c3-2-4-1-5-6-2/h1H,(H2,3,4,5). The topological polar surface area (TPSA) is 64.8 Å². The van der Waals surface area contributed by atoms with E-state index in [9.17, 15) is 0 Å². The van der Waals surface area contributed by atoms with Crippen LogP contribution in [-0.2, 0) is 0 Å². The molecule has 6 heavy (non-hydrogen) atoms. The van der Waals surface area contributed by atoms with Crippen molar-refractivity contribution >= 4 is 12.3 Å². The van der Waals surface area contributed by atoms with Crippen LogP contribution in [0.1, 0.15) is 0 Å². The first-order valence-electron chi connectivity index (χ1n) is 1.45. The first kappa shape index (κ1) is 3.14. The highest BCUT2D eigenvalue weighted by atomic mass is 15.4. The zero-order chi connectivity index (χ0) is 4.41. The Labute approximate surface area is 34.7 Å². The van der Waals surface area contributed by atoms with Crippen molar-refractivity contribution < 1.29 is 0 Å². The van der Waals surface area contributed by atoms with Gasteiger partial charge in [0.15, 0.2) is 0 Å². The quantitative estimate of drug-likeness (QED) is 0.395. The molecular weight excluding hydrogens is 80.1 g/mol. The lowest BCUT2D eigenvalue weighted by atomic mass is 11.1. The molecule has 0 atom stereocenters. The number of hydrogen-bond donors (Lipinski definition) is 1. The van der Waals surface area contributed by atoms with Gasteiger partial charge in [-0.05, 0) is 0 Å². The van der Waals surface area contributed by atoms with E-state index in [1.165, 1.54) is 6.34 Å². The summed E-state index contributed by atoms with van der Waals surface area (Å²) < 4.78 is 0. The van der Waals surface area contributed by atoms with E-state index in [1.807, 2.05) is 0 Å². The molecule has 0 saturated carbocycles. The number of nitrogens with zero attached hydrogens (tertiary/aromatic N) is 3. The molecule has 1 rings (SSSR count). The fourth-order valence-corrected chi connectivity index (χ4v) is 0.196. The number of aliphatic imine (C=N–C) groups is 1. The molecule has 0 aromatic carbocycles. The minimum atomic E-state index is 0.231. The van der Waals surface area contributed by atoms with E-state index in [4.69, 9.17) is 5.73 Å². The average molecular weight is 83.1 g/mol. The van der Waals surface area contributed by atoms with Crippen LogP contribution in [0, 0.1) is 0 Å². The van der Waals surface area contributed by atoms with E-state index >= 15 is 0 Å². The highest BCUT2D eigenvalue weighted by molar-refractivity contribution is 5.88.